The Kier molecular flexibility index (Phi) is 20.7. The van der Waals surface area contributed by atoms with Gasteiger partial charge in [0.15, 0.2) is 0 Å². The number of rotatable bonds is 0. The number of halogens is 2. The second-order valence-corrected chi connectivity index (χ2v) is 0.196. The van der Waals surface area contributed by atoms with E-state index in [0.29, 0.717) is 0 Å². The van der Waals surface area contributed by atoms with Crippen LogP contribution in [0.4, 0.5) is 7.16 Å². The Morgan fingerprint density at radius 2 is 1.25 bits per heavy atom. The topological polar surface area (TPSA) is 0 Å². The molecule has 0 aliphatic heterocycles. The summed E-state index contributed by atoms with van der Waals surface area (Å²) in [6.07, 6.45) is 0. The summed E-state index contributed by atoms with van der Waals surface area (Å²) in [5.74, 6) is 0. The van der Waals surface area contributed by atoms with E-state index in [0.717, 1.165) is 0 Å². The zero-order valence-electron chi connectivity index (χ0n) is 1.80. The molecule has 0 saturated carbocycles. The summed E-state index contributed by atoms with van der Waals surface area (Å²) in [6, 6.07) is 0. The van der Waals surface area contributed by atoms with Gasteiger partial charge >= 0.3 is 22.8 Å². The van der Waals surface area contributed by atoms with Gasteiger partial charge in [0.25, 0.3) is 0 Å². The van der Waals surface area contributed by atoms with Crippen LogP contribution in [0.1, 0.15) is 0 Å². The molecule has 0 saturated heterocycles. The van der Waals surface area contributed by atoms with Gasteiger partial charge in [0.1, 0.15) is 0 Å². The molecule has 0 aromatic carbocycles. The van der Waals surface area contributed by atoms with Gasteiger partial charge in [-0.25, -0.2) is 0 Å². The van der Waals surface area contributed by atoms with Crippen molar-refractivity contribution in [1.29, 1.82) is 0 Å². The van der Waals surface area contributed by atoms with Crippen molar-refractivity contribution < 1.29 is 22.8 Å². The van der Waals surface area contributed by atoms with Gasteiger partial charge in [-0.1, -0.05) is 0 Å². The SMILES string of the molecule is [Ba].[F][Co][F]. The van der Waals surface area contributed by atoms with Crippen LogP contribution in [0.2, 0.25) is 0 Å². The van der Waals surface area contributed by atoms with Crippen molar-refractivity contribution in [3.8, 4) is 0 Å². The summed E-state index contributed by atoms with van der Waals surface area (Å²) in [7, 11) is 0. The summed E-state index contributed by atoms with van der Waals surface area (Å²) in [4.78, 5) is 0. The molecule has 0 aromatic heterocycles. The molecule has 0 atom stereocenters. The van der Waals surface area contributed by atoms with Gasteiger partial charge in [-0.3, -0.25) is 0 Å². The summed E-state index contributed by atoms with van der Waals surface area (Å²) in [5.41, 5.74) is 0. The van der Waals surface area contributed by atoms with Crippen LogP contribution in [0, 0.1) is 0 Å². The van der Waals surface area contributed by atoms with Crippen LogP contribution < -0.4 is 0 Å². The molecule has 0 heterocycles. The zero-order valence-corrected chi connectivity index (χ0v) is 7.28. The van der Waals surface area contributed by atoms with E-state index in [4.69, 9.17) is 0 Å². The second-order valence-electron chi connectivity index (χ2n) is 0.0476. The molecular formula is BaCoF2. The molecule has 0 aliphatic carbocycles. The quantitative estimate of drug-likeness (QED) is 0.534. The van der Waals surface area contributed by atoms with E-state index in [2.05, 4.69) is 0 Å². The van der Waals surface area contributed by atoms with Crippen LogP contribution in [0.25, 0.3) is 0 Å². The maximum atomic E-state index is 9.59. The standard InChI is InChI=1S/Ba.Co.2FH/h;;2*1H/q;+2;;/p-2. The summed E-state index contributed by atoms with van der Waals surface area (Å²) in [6.45, 7) is 0. The first-order valence-corrected chi connectivity index (χ1v) is 1.04. The van der Waals surface area contributed by atoms with Gasteiger partial charge in [-0.15, -0.1) is 0 Å². The first kappa shape index (κ1) is 9.34. The van der Waals surface area contributed by atoms with Gasteiger partial charge in [-0.2, -0.15) is 0 Å². The number of hydrogen-bond acceptors (Lipinski definition) is 0. The van der Waals surface area contributed by atoms with Crippen LogP contribution in [-0.2, 0) is 15.6 Å². The van der Waals surface area contributed by atoms with Crippen molar-refractivity contribution in [3.05, 3.63) is 0 Å². The van der Waals surface area contributed by atoms with Gasteiger partial charge in [0, 0.05) is 48.9 Å². The molecule has 0 aromatic rings. The summed E-state index contributed by atoms with van der Waals surface area (Å²) >= 11 is -1.56. The molecule has 0 fully saturated rings. The maximum absolute atomic E-state index is 9.59. The third kappa shape index (κ3) is 9.05. The Morgan fingerprint density at radius 3 is 1.25 bits per heavy atom. The van der Waals surface area contributed by atoms with E-state index < -0.39 is 15.6 Å². The van der Waals surface area contributed by atoms with Gasteiger partial charge in [-0.05, 0) is 0 Å². The summed E-state index contributed by atoms with van der Waals surface area (Å²) < 4.78 is 19.2. The van der Waals surface area contributed by atoms with E-state index in [1.807, 2.05) is 0 Å². The molecule has 2 radical (unpaired) electrons. The predicted octanol–water partition coefficient (Wildman–Crippen LogP) is 0.457. The van der Waals surface area contributed by atoms with Crippen molar-refractivity contribution in [1.82, 2.24) is 0 Å². The van der Waals surface area contributed by atoms with E-state index in [-0.39, 0.29) is 48.9 Å². The Bertz CT molecular complexity index is 6.00. The van der Waals surface area contributed by atoms with Crippen molar-refractivity contribution >= 4 is 48.9 Å². The third-order valence-corrected chi connectivity index (χ3v) is 0. The van der Waals surface area contributed by atoms with Crippen molar-refractivity contribution in [2.45, 2.75) is 0 Å². The van der Waals surface area contributed by atoms with Crippen molar-refractivity contribution in [2.75, 3.05) is 0 Å². The Labute approximate surface area is 70.3 Å². The molecule has 0 aliphatic rings. The minimum atomic E-state index is -1.56. The van der Waals surface area contributed by atoms with E-state index in [1.165, 1.54) is 0 Å². The van der Waals surface area contributed by atoms with E-state index >= 15 is 0 Å². The van der Waals surface area contributed by atoms with E-state index in [1.54, 1.807) is 0 Å². The minimum absolute atomic E-state index is 0. The molecule has 0 spiro atoms. The van der Waals surface area contributed by atoms with Crippen LogP contribution in [0.3, 0.4) is 0 Å². The average Bonchev–Trinajstić information content (AvgIpc) is 0.918. The van der Waals surface area contributed by atoms with Crippen LogP contribution in [0.5, 0.6) is 0 Å². The van der Waals surface area contributed by atoms with Crippen LogP contribution in [-0.4, -0.2) is 48.9 Å². The van der Waals surface area contributed by atoms with Crippen LogP contribution in [0.15, 0.2) is 0 Å². The Hall–Kier alpha value is 1.94. The Morgan fingerprint density at radius 1 is 1.25 bits per heavy atom. The zero-order chi connectivity index (χ0) is 2.71. The fraction of sp³-hybridized carbons (Fsp3) is 0. The molecule has 4 heavy (non-hydrogen) atoms. The predicted molar refractivity (Wildman–Crippen MR) is 7.97 cm³/mol. The molecular weight excluding hydrogens is 234 g/mol. The third-order valence-electron chi connectivity index (χ3n) is 0. The molecule has 25 valence electrons. The van der Waals surface area contributed by atoms with Crippen molar-refractivity contribution in [2.24, 2.45) is 0 Å². The molecule has 0 N–H and O–H groups in total. The molecule has 0 bridgehead atoms. The average molecular weight is 234 g/mol. The normalized spacial score (nSPS) is 5.50. The van der Waals surface area contributed by atoms with Crippen LogP contribution >= 0.6 is 0 Å². The number of hydrogen-bond donors (Lipinski definition) is 0. The molecule has 0 amide bonds. The first-order chi connectivity index (χ1) is 1.41. The fourth-order valence-electron chi connectivity index (χ4n) is 0. The molecule has 4 heteroatoms. The first-order valence-electron chi connectivity index (χ1n) is 0.252. The monoisotopic (exact) mass is 235 g/mol. The van der Waals surface area contributed by atoms with Gasteiger partial charge in [0.05, 0.1) is 0 Å². The molecule has 0 nitrogen and oxygen atoms in total. The molecule has 0 rings (SSSR count). The molecule has 0 unspecified atom stereocenters. The second kappa shape index (κ2) is 8.87. The van der Waals surface area contributed by atoms with E-state index in [9.17, 15) is 7.16 Å². The Balaban J connectivity index is 0. The van der Waals surface area contributed by atoms with Crippen molar-refractivity contribution in [3.63, 3.8) is 0 Å². The van der Waals surface area contributed by atoms with Gasteiger partial charge < -0.3 is 0 Å². The fourth-order valence-corrected chi connectivity index (χ4v) is 0. The summed E-state index contributed by atoms with van der Waals surface area (Å²) in [5, 5.41) is 0. The van der Waals surface area contributed by atoms with Gasteiger partial charge in [0.2, 0.25) is 0 Å².